The number of aromatic nitrogens is 1. The van der Waals surface area contributed by atoms with E-state index < -0.39 is 0 Å². The van der Waals surface area contributed by atoms with Crippen molar-refractivity contribution in [1.29, 1.82) is 0 Å². The first-order chi connectivity index (χ1) is 8.65. The second kappa shape index (κ2) is 6.36. The first kappa shape index (κ1) is 14.3. The molecule has 0 spiro atoms. The Morgan fingerprint density at radius 3 is 2.89 bits per heavy atom. The summed E-state index contributed by atoms with van der Waals surface area (Å²) in [7, 11) is 0. The summed E-state index contributed by atoms with van der Waals surface area (Å²) in [5.41, 5.74) is 1.02. The molecule has 1 aromatic rings. The number of hydrogen-bond donors (Lipinski definition) is 0. The number of piperidine rings is 1. The second-order valence-corrected chi connectivity index (χ2v) is 6.62. The molecule has 102 valence electrons. The summed E-state index contributed by atoms with van der Waals surface area (Å²) in [6.45, 7) is 8.18. The third-order valence-electron chi connectivity index (χ3n) is 3.94. The van der Waals surface area contributed by atoms with Crippen LogP contribution in [0.2, 0.25) is 0 Å². The summed E-state index contributed by atoms with van der Waals surface area (Å²) < 4.78 is 0. The first-order valence-corrected chi connectivity index (χ1v) is 8.33. The summed E-state index contributed by atoms with van der Waals surface area (Å²) in [5.74, 6) is 1.33. The van der Waals surface area contributed by atoms with E-state index in [1.807, 2.05) is 0 Å². The molecule has 1 aliphatic heterocycles. The molecule has 2 rings (SSSR count). The minimum absolute atomic E-state index is 0.477. The van der Waals surface area contributed by atoms with Crippen molar-refractivity contribution in [3.05, 3.63) is 16.1 Å². The molecule has 0 saturated carbocycles. The van der Waals surface area contributed by atoms with Gasteiger partial charge in [0.1, 0.15) is 5.01 Å². The van der Waals surface area contributed by atoms with Crippen molar-refractivity contribution in [3.8, 4) is 0 Å². The van der Waals surface area contributed by atoms with E-state index in [9.17, 15) is 0 Å². The minimum atomic E-state index is 0.477. The van der Waals surface area contributed by atoms with E-state index in [0.29, 0.717) is 18.0 Å². The summed E-state index contributed by atoms with van der Waals surface area (Å²) in [6.07, 6.45) is 3.80. The number of halogens is 1. The lowest BCUT2D eigenvalue weighted by molar-refractivity contribution is 0.0740. The first-order valence-electron chi connectivity index (χ1n) is 6.91. The van der Waals surface area contributed by atoms with Gasteiger partial charge in [0.15, 0.2) is 0 Å². The molecular formula is C14H23ClN2S. The van der Waals surface area contributed by atoms with Crippen LogP contribution in [0.15, 0.2) is 5.38 Å². The Morgan fingerprint density at radius 2 is 2.28 bits per heavy atom. The number of likely N-dealkylation sites (tertiary alicyclic amines) is 1. The molecule has 18 heavy (non-hydrogen) atoms. The number of rotatable bonds is 4. The minimum Gasteiger partial charge on any atom is -0.291 e. The Labute approximate surface area is 119 Å². The fourth-order valence-electron chi connectivity index (χ4n) is 2.85. The van der Waals surface area contributed by atoms with Crippen molar-refractivity contribution in [3.63, 3.8) is 0 Å². The molecule has 1 fully saturated rings. The maximum absolute atomic E-state index is 5.86. The monoisotopic (exact) mass is 286 g/mol. The highest BCUT2D eigenvalue weighted by atomic mass is 35.5. The lowest BCUT2D eigenvalue weighted by atomic mass is 9.93. The van der Waals surface area contributed by atoms with Gasteiger partial charge in [-0.05, 0) is 32.1 Å². The van der Waals surface area contributed by atoms with Crippen LogP contribution in [0.5, 0.6) is 0 Å². The van der Waals surface area contributed by atoms with Crippen LogP contribution in [-0.2, 0) is 5.88 Å². The zero-order valence-electron chi connectivity index (χ0n) is 11.5. The Balaban J connectivity index is 2.16. The largest absolute Gasteiger partial charge is 0.291 e. The number of thiazole rings is 1. The topological polar surface area (TPSA) is 16.1 Å². The van der Waals surface area contributed by atoms with Crippen LogP contribution < -0.4 is 0 Å². The van der Waals surface area contributed by atoms with Gasteiger partial charge in [0.2, 0.25) is 0 Å². The molecule has 0 radical (unpaired) electrons. The maximum atomic E-state index is 5.86. The Morgan fingerprint density at radius 1 is 1.50 bits per heavy atom. The molecule has 1 saturated heterocycles. The Hall–Kier alpha value is -0.120. The fraction of sp³-hybridized carbons (Fsp3) is 0.786. The van der Waals surface area contributed by atoms with Gasteiger partial charge in [-0.2, -0.15) is 0 Å². The van der Waals surface area contributed by atoms with Crippen LogP contribution in [0, 0.1) is 5.92 Å². The fourth-order valence-corrected chi connectivity index (χ4v) is 4.10. The third-order valence-corrected chi connectivity index (χ3v) is 5.21. The van der Waals surface area contributed by atoms with Gasteiger partial charge in [-0.3, -0.25) is 4.90 Å². The van der Waals surface area contributed by atoms with Crippen molar-refractivity contribution in [2.45, 2.75) is 58.0 Å². The SMILES string of the molecule is CCC(c1nc(CCl)cs1)N1CC(C)CCC1C. The van der Waals surface area contributed by atoms with Crippen molar-refractivity contribution in [1.82, 2.24) is 9.88 Å². The van der Waals surface area contributed by atoms with Gasteiger partial charge >= 0.3 is 0 Å². The van der Waals surface area contributed by atoms with Gasteiger partial charge in [0.05, 0.1) is 17.6 Å². The Kier molecular flexibility index (Phi) is 5.05. The molecule has 2 heterocycles. The van der Waals surface area contributed by atoms with E-state index in [0.717, 1.165) is 18.0 Å². The van der Waals surface area contributed by atoms with Gasteiger partial charge in [0, 0.05) is 18.0 Å². The van der Waals surface area contributed by atoms with Gasteiger partial charge in [-0.25, -0.2) is 4.98 Å². The number of alkyl halides is 1. The predicted octanol–water partition coefficient (Wildman–Crippen LogP) is 4.45. The second-order valence-electron chi connectivity index (χ2n) is 5.46. The predicted molar refractivity (Wildman–Crippen MR) is 79.3 cm³/mol. The van der Waals surface area contributed by atoms with E-state index in [4.69, 9.17) is 11.6 Å². The zero-order chi connectivity index (χ0) is 13.1. The molecule has 1 aromatic heterocycles. The summed E-state index contributed by atoms with van der Waals surface area (Å²) in [5, 5.41) is 3.34. The normalized spacial score (nSPS) is 27.3. The van der Waals surface area contributed by atoms with Gasteiger partial charge < -0.3 is 0 Å². The average molecular weight is 287 g/mol. The van der Waals surface area contributed by atoms with Crippen LogP contribution in [0.4, 0.5) is 0 Å². The molecule has 0 aliphatic carbocycles. The summed E-state index contributed by atoms with van der Waals surface area (Å²) in [6, 6.07) is 1.15. The van der Waals surface area contributed by atoms with Crippen LogP contribution >= 0.6 is 22.9 Å². The Bertz CT molecular complexity index is 380. The maximum Gasteiger partial charge on any atom is 0.110 e. The van der Waals surface area contributed by atoms with Gasteiger partial charge in [0.25, 0.3) is 0 Å². The van der Waals surface area contributed by atoms with Crippen LogP contribution in [0.1, 0.15) is 56.8 Å². The molecule has 0 bridgehead atoms. The van der Waals surface area contributed by atoms with E-state index in [1.54, 1.807) is 11.3 Å². The van der Waals surface area contributed by atoms with Crippen LogP contribution in [0.3, 0.4) is 0 Å². The quantitative estimate of drug-likeness (QED) is 0.760. The molecule has 0 aromatic carbocycles. The van der Waals surface area contributed by atoms with Crippen molar-refractivity contribution >= 4 is 22.9 Å². The lowest BCUT2D eigenvalue weighted by Gasteiger charge is -2.41. The van der Waals surface area contributed by atoms with Crippen LogP contribution in [-0.4, -0.2) is 22.5 Å². The van der Waals surface area contributed by atoms with Crippen molar-refractivity contribution in [2.24, 2.45) is 5.92 Å². The molecule has 3 unspecified atom stereocenters. The molecule has 1 aliphatic rings. The highest BCUT2D eigenvalue weighted by molar-refractivity contribution is 7.09. The van der Waals surface area contributed by atoms with Crippen molar-refractivity contribution < 1.29 is 0 Å². The molecule has 4 heteroatoms. The highest BCUT2D eigenvalue weighted by Gasteiger charge is 2.30. The molecule has 2 nitrogen and oxygen atoms in total. The van der Waals surface area contributed by atoms with E-state index in [-0.39, 0.29) is 0 Å². The number of nitrogens with zero attached hydrogens (tertiary/aromatic N) is 2. The van der Waals surface area contributed by atoms with Gasteiger partial charge in [-0.15, -0.1) is 22.9 Å². The standard InChI is InChI=1S/C14H23ClN2S/c1-4-13(14-16-12(7-15)9-18-14)17-8-10(2)5-6-11(17)3/h9-11,13H,4-8H2,1-3H3. The lowest BCUT2D eigenvalue weighted by Crippen LogP contribution is -2.43. The third kappa shape index (κ3) is 3.06. The molecule has 0 N–H and O–H groups in total. The smallest absolute Gasteiger partial charge is 0.110 e. The number of hydrogen-bond acceptors (Lipinski definition) is 3. The highest BCUT2D eigenvalue weighted by Crippen LogP contribution is 2.34. The van der Waals surface area contributed by atoms with Crippen molar-refractivity contribution in [2.75, 3.05) is 6.54 Å². The summed E-state index contributed by atoms with van der Waals surface area (Å²) in [4.78, 5) is 7.32. The molecule has 3 atom stereocenters. The molecular weight excluding hydrogens is 264 g/mol. The summed E-state index contributed by atoms with van der Waals surface area (Å²) >= 11 is 7.62. The zero-order valence-corrected chi connectivity index (χ0v) is 13.1. The van der Waals surface area contributed by atoms with E-state index >= 15 is 0 Å². The van der Waals surface area contributed by atoms with E-state index in [1.165, 1.54) is 24.4 Å². The van der Waals surface area contributed by atoms with E-state index in [2.05, 4.69) is 36.0 Å². The van der Waals surface area contributed by atoms with Crippen LogP contribution in [0.25, 0.3) is 0 Å². The average Bonchev–Trinajstić information content (AvgIpc) is 2.83. The van der Waals surface area contributed by atoms with Gasteiger partial charge in [-0.1, -0.05) is 13.8 Å². The molecule has 0 amide bonds.